The quantitative estimate of drug-likeness (QED) is 0.847. The molecule has 2 unspecified atom stereocenters. The van der Waals surface area contributed by atoms with Gasteiger partial charge in [-0.3, -0.25) is 0 Å². The van der Waals surface area contributed by atoms with E-state index in [1.165, 1.54) is 0 Å². The van der Waals surface area contributed by atoms with Crippen molar-refractivity contribution in [1.29, 1.82) is 0 Å². The van der Waals surface area contributed by atoms with Crippen LogP contribution in [0.5, 0.6) is 17.2 Å². The third-order valence-corrected chi connectivity index (χ3v) is 2.39. The van der Waals surface area contributed by atoms with Gasteiger partial charge in [0.15, 0.2) is 11.5 Å². The Bertz CT molecular complexity index is 365. The molecule has 2 N–H and O–H groups in total. The third-order valence-electron chi connectivity index (χ3n) is 2.39. The van der Waals surface area contributed by atoms with Crippen molar-refractivity contribution in [3.05, 3.63) is 18.2 Å². The van der Waals surface area contributed by atoms with Crippen LogP contribution in [0.1, 0.15) is 20.3 Å². The predicted molar refractivity (Wildman–Crippen MR) is 60.9 cm³/mol. The van der Waals surface area contributed by atoms with E-state index >= 15 is 0 Å². The van der Waals surface area contributed by atoms with Crippen molar-refractivity contribution in [3.63, 3.8) is 0 Å². The molecule has 0 spiro atoms. The van der Waals surface area contributed by atoms with Gasteiger partial charge in [0.25, 0.3) is 0 Å². The summed E-state index contributed by atoms with van der Waals surface area (Å²) in [7, 11) is 0. The summed E-state index contributed by atoms with van der Waals surface area (Å²) in [5, 5.41) is 0. The van der Waals surface area contributed by atoms with Gasteiger partial charge in [-0.2, -0.15) is 0 Å². The maximum Gasteiger partial charge on any atom is 0.231 e. The SMILES string of the molecule is CC(N)CC(C)Oc1ccc2c(c1)OCO2. The van der Waals surface area contributed by atoms with Crippen molar-refractivity contribution in [2.75, 3.05) is 6.79 Å². The minimum atomic E-state index is 0.0976. The number of ether oxygens (including phenoxy) is 3. The molecule has 0 aliphatic carbocycles. The second-order valence-corrected chi connectivity index (χ2v) is 4.16. The van der Waals surface area contributed by atoms with Crippen LogP contribution in [-0.2, 0) is 0 Å². The van der Waals surface area contributed by atoms with Gasteiger partial charge in [0.2, 0.25) is 6.79 Å². The van der Waals surface area contributed by atoms with E-state index in [1.54, 1.807) is 0 Å². The number of rotatable bonds is 4. The second-order valence-electron chi connectivity index (χ2n) is 4.16. The van der Waals surface area contributed by atoms with E-state index in [1.807, 2.05) is 32.0 Å². The highest BCUT2D eigenvalue weighted by molar-refractivity contribution is 5.46. The van der Waals surface area contributed by atoms with Crippen molar-refractivity contribution in [1.82, 2.24) is 0 Å². The number of nitrogens with two attached hydrogens (primary N) is 1. The summed E-state index contributed by atoms with van der Waals surface area (Å²) in [6.07, 6.45) is 0.925. The summed E-state index contributed by atoms with van der Waals surface area (Å²) >= 11 is 0. The lowest BCUT2D eigenvalue weighted by Crippen LogP contribution is -2.24. The van der Waals surface area contributed by atoms with E-state index < -0.39 is 0 Å². The van der Waals surface area contributed by atoms with Crippen LogP contribution < -0.4 is 19.9 Å². The molecule has 0 saturated heterocycles. The lowest BCUT2D eigenvalue weighted by atomic mass is 10.2. The third kappa shape index (κ3) is 2.58. The molecule has 4 heteroatoms. The molecular formula is C12H17NO3. The summed E-state index contributed by atoms with van der Waals surface area (Å²) in [4.78, 5) is 0. The van der Waals surface area contributed by atoms with Gasteiger partial charge in [-0.25, -0.2) is 0 Å². The van der Waals surface area contributed by atoms with Gasteiger partial charge in [0.05, 0.1) is 6.10 Å². The first-order valence-electron chi connectivity index (χ1n) is 5.47. The Morgan fingerprint density at radius 3 is 2.81 bits per heavy atom. The molecule has 1 heterocycles. The first-order chi connectivity index (χ1) is 7.65. The highest BCUT2D eigenvalue weighted by atomic mass is 16.7. The molecule has 0 bridgehead atoms. The standard InChI is InChI=1S/C12H17NO3/c1-8(13)5-9(2)16-10-3-4-11-12(6-10)15-7-14-11/h3-4,6,8-9H,5,7,13H2,1-2H3. The van der Waals surface area contributed by atoms with E-state index in [2.05, 4.69) is 0 Å². The van der Waals surface area contributed by atoms with E-state index in [9.17, 15) is 0 Å². The Morgan fingerprint density at radius 1 is 1.31 bits per heavy atom. The van der Waals surface area contributed by atoms with Crippen LogP contribution >= 0.6 is 0 Å². The fraction of sp³-hybridized carbons (Fsp3) is 0.500. The number of hydrogen-bond donors (Lipinski definition) is 1. The summed E-state index contributed by atoms with van der Waals surface area (Å²) < 4.78 is 16.2. The molecule has 4 nitrogen and oxygen atoms in total. The van der Waals surface area contributed by atoms with Crippen LogP contribution in [0.4, 0.5) is 0 Å². The summed E-state index contributed by atoms with van der Waals surface area (Å²) in [6, 6.07) is 5.73. The molecule has 0 aromatic heterocycles. The van der Waals surface area contributed by atoms with Crippen molar-refractivity contribution < 1.29 is 14.2 Å². The van der Waals surface area contributed by atoms with E-state index in [0.29, 0.717) is 0 Å². The molecule has 1 aromatic carbocycles. The van der Waals surface area contributed by atoms with Crippen molar-refractivity contribution in [3.8, 4) is 17.2 Å². The van der Waals surface area contributed by atoms with Crippen LogP contribution in [0.2, 0.25) is 0 Å². The van der Waals surface area contributed by atoms with Gasteiger partial charge in [0.1, 0.15) is 5.75 Å². The molecule has 2 rings (SSSR count). The molecule has 0 amide bonds. The molecule has 88 valence electrons. The van der Waals surface area contributed by atoms with Gasteiger partial charge in [-0.15, -0.1) is 0 Å². The molecule has 1 aromatic rings. The van der Waals surface area contributed by atoms with Crippen molar-refractivity contribution >= 4 is 0 Å². The van der Waals surface area contributed by atoms with Crippen LogP contribution in [0.3, 0.4) is 0 Å². The average molecular weight is 223 g/mol. The van der Waals surface area contributed by atoms with E-state index in [0.717, 1.165) is 23.7 Å². The van der Waals surface area contributed by atoms with Gasteiger partial charge in [0, 0.05) is 12.1 Å². The molecule has 0 fully saturated rings. The van der Waals surface area contributed by atoms with Crippen LogP contribution in [0, 0.1) is 0 Å². The fourth-order valence-electron chi connectivity index (χ4n) is 1.75. The zero-order valence-electron chi connectivity index (χ0n) is 9.60. The van der Waals surface area contributed by atoms with Crippen molar-refractivity contribution in [2.45, 2.75) is 32.4 Å². The van der Waals surface area contributed by atoms with Crippen molar-refractivity contribution in [2.24, 2.45) is 5.73 Å². The lowest BCUT2D eigenvalue weighted by Gasteiger charge is -2.16. The summed E-state index contributed by atoms with van der Waals surface area (Å²) in [5.74, 6) is 2.30. The van der Waals surface area contributed by atoms with E-state index in [4.69, 9.17) is 19.9 Å². The number of fused-ring (bicyclic) bond motifs is 1. The fourth-order valence-corrected chi connectivity index (χ4v) is 1.75. The van der Waals surface area contributed by atoms with Gasteiger partial charge in [-0.1, -0.05) is 0 Å². The zero-order chi connectivity index (χ0) is 11.5. The highest BCUT2D eigenvalue weighted by Crippen LogP contribution is 2.35. The Hall–Kier alpha value is -1.42. The molecule has 0 saturated carbocycles. The number of benzene rings is 1. The highest BCUT2D eigenvalue weighted by Gasteiger charge is 2.15. The van der Waals surface area contributed by atoms with Gasteiger partial charge >= 0.3 is 0 Å². The zero-order valence-corrected chi connectivity index (χ0v) is 9.60. The maximum absolute atomic E-state index is 5.73. The average Bonchev–Trinajstić information content (AvgIpc) is 2.63. The molecule has 16 heavy (non-hydrogen) atoms. The molecule has 1 aliphatic heterocycles. The first-order valence-corrected chi connectivity index (χ1v) is 5.47. The molecular weight excluding hydrogens is 206 g/mol. The maximum atomic E-state index is 5.73. The normalized spacial score (nSPS) is 16.9. The summed E-state index contributed by atoms with van der Waals surface area (Å²) in [6.45, 7) is 4.27. The monoisotopic (exact) mass is 223 g/mol. The Morgan fingerprint density at radius 2 is 2.06 bits per heavy atom. The van der Waals surface area contributed by atoms with Gasteiger partial charge in [-0.05, 0) is 32.4 Å². The first kappa shape index (κ1) is 11.1. The minimum Gasteiger partial charge on any atom is -0.491 e. The number of hydrogen-bond acceptors (Lipinski definition) is 4. The smallest absolute Gasteiger partial charge is 0.231 e. The Labute approximate surface area is 95.3 Å². The second kappa shape index (κ2) is 4.61. The molecule has 2 atom stereocenters. The Kier molecular flexibility index (Phi) is 3.19. The topological polar surface area (TPSA) is 53.7 Å². The Balaban J connectivity index is 1.99. The minimum absolute atomic E-state index is 0.0976. The van der Waals surface area contributed by atoms with Crippen LogP contribution in [0.25, 0.3) is 0 Å². The van der Waals surface area contributed by atoms with Crippen LogP contribution in [-0.4, -0.2) is 18.9 Å². The van der Waals surface area contributed by atoms with Crippen LogP contribution in [0.15, 0.2) is 18.2 Å². The van der Waals surface area contributed by atoms with Gasteiger partial charge < -0.3 is 19.9 Å². The summed E-state index contributed by atoms with van der Waals surface area (Å²) in [5.41, 5.74) is 5.71. The largest absolute Gasteiger partial charge is 0.491 e. The lowest BCUT2D eigenvalue weighted by molar-refractivity contribution is 0.173. The predicted octanol–water partition coefficient (Wildman–Crippen LogP) is 1.92. The molecule has 0 radical (unpaired) electrons. The van der Waals surface area contributed by atoms with E-state index in [-0.39, 0.29) is 18.9 Å². The molecule has 1 aliphatic rings.